The van der Waals surface area contributed by atoms with Gasteiger partial charge in [-0.1, -0.05) is 18.7 Å². The van der Waals surface area contributed by atoms with E-state index < -0.39 is 10.0 Å². The van der Waals surface area contributed by atoms with Crippen molar-refractivity contribution in [2.45, 2.75) is 23.9 Å². The number of carbonyl (C=O) groups excluding carboxylic acids is 1. The summed E-state index contributed by atoms with van der Waals surface area (Å²) in [6, 6.07) is 6.17. The van der Waals surface area contributed by atoms with E-state index in [0.29, 0.717) is 29.8 Å². The summed E-state index contributed by atoms with van der Waals surface area (Å²) in [6.45, 7) is 4.40. The second-order valence-corrected chi connectivity index (χ2v) is 8.35. The fourth-order valence-corrected chi connectivity index (χ4v) is 4.25. The van der Waals surface area contributed by atoms with Crippen LogP contribution in [-0.4, -0.2) is 65.8 Å². The summed E-state index contributed by atoms with van der Waals surface area (Å²) in [5, 5.41) is 9.82. The molecular weight excluding hydrogens is 390 g/mol. The Kier molecular flexibility index (Phi) is 8.07. The van der Waals surface area contributed by atoms with Gasteiger partial charge < -0.3 is 10.1 Å². The van der Waals surface area contributed by atoms with Crippen LogP contribution in [0, 0.1) is 0 Å². The number of ether oxygens (including phenoxy) is 1. The van der Waals surface area contributed by atoms with Gasteiger partial charge in [-0.3, -0.25) is 9.89 Å². The summed E-state index contributed by atoms with van der Waals surface area (Å²) in [4.78, 5) is 16.2. The number of amides is 1. The molecule has 148 valence electrons. The monoisotopic (exact) mass is 413 g/mol. The average molecular weight is 414 g/mol. The van der Waals surface area contributed by atoms with Crippen LogP contribution in [0.15, 0.2) is 40.6 Å². The lowest BCUT2D eigenvalue weighted by Gasteiger charge is -2.20. The van der Waals surface area contributed by atoms with Crippen LogP contribution in [0.1, 0.15) is 13.8 Å². The van der Waals surface area contributed by atoms with Gasteiger partial charge >= 0.3 is 0 Å². The van der Waals surface area contributed by atoms with Gasteiger partial charge in [0.2, 0.25) is 15.9 Å². The molecule has 1 aromatic carbocycles. The molecule has 0 aliphatic heterocycles. The molecule has 0 atom stereocenters. The molecule has 0 aliphatic rings. The van der Waals surface area contributed by atoms with Crippen molar-refractivity contribution in [1.82, 2.24) is 24.8 Å². The first-order valence-electron chi connectivity index (χ1n) is 8.45. The molecule has 1 amide bonds. The number of hydrogen-bond acceptors (Lipinski definition) is 7. The summed E-state index contributed by atoms with van der Waals surface area (Å²) in [5.41, 5.74) is 0. The van der Waals surface area contributed by atoms with Gasteiger partial charge in [0, 0.05) is 18.8 Å². The highest BCUT2D eigenvalue weighted by Crippen LogP contribution is 2.19. The summed E-state index contributed by atoms with van der Waals surface area (Å²) >= 11 is 1.41. The Labute approximate surface area is 162 Å². The van der Waals surface area contributed by atoms with Gasteiger partial charge in [-0.05, 0) is 31.2 Å². The molecular formula is C16H23N5O4S2. The van der Waals surface area contributed by atoms with Crippen molar-refractivity contribution in [2.75, 3.05) is 32.0 Å². The number of rotatable bonds is 11. The van der Waals surface area contributed by atoms with E-state index in [4.69, 9.17) is 4.74 Å². The van der Waals surface area contributed by atoms with E-state index in [2.05, 4.69) is 20.5 Å². The predicted octanol–water partition coefficient (Wildman–Crippen LogP) is 1.12. The number of aromatic amines is 1. The standard InChI is InChI=1S/C16H23N5O4S2/c1-3-21(11-15(22)17-9-10-26-16-18-12-19-20-16)27(23,24)14-7-5-13(6-8-14)25-4-2/h5-8,12H,3-4,9-11H2,1-2H3,(H,17,22)(H,18,19,20). The maximum atomic E-state index is 12.7. The smallest absolute Gasteiger partial charge is 0.243 e. The number of aromatic nitrogens is 3. The summed E-state index contributed by atoms with van der Waals surface area (Å²) in [5.74, 6) is 0.838. The maximum absolute atomic E-state index is 12.7. The molecule has 0 bridgehead atoms. The lowest BCUT2D eigenvalue weighted by atomic mass is 10.3. The van der Waals surface area contributed by atoms with E-state index in [1.54, 1.807) is 19.1 Å². The van der Waals surface area contributed by atoms with Crippen LogP contribution >= 0.6 is 11.8 Å². The number of benzene rings is 1. The Morgan fingerprint density at radius 2 is 2.04 bits per heavy atom. The minimum absolute atomic E-state index is 0.126. The second-order valence-electron chi connectivity index (χ2n) is 5.32. The molecule has 2 N–H and O–H groups in total. The number of nitrogens with zero attached hydrogens (tertiary/aromatic N) is 3. The molecule has 0 saturated carbocycles. The number of carbonyl (C=O) groups is 1. The first-order chi connectivity index (χ1) is 13.0. The molecule has 0 unspecified atom stereocenters. The van der Waals surface area contributed by atoms with E-state index in [1.807, 2.05) is 6.92 Å². The van der Waals surface area contributed by atoms with Crippen LogP contribution in [0.25, 0.3) is 0 Å². The van der Waals surface area contributed by atoms with Crippen molar-refractivity contribution in [3.05, 3.63) is 30.6 Å². The quantitative estimate of drug-likeness (QED) is 0.419. The summed E-state index contributed by atoms with van der Waals surface area (Å²) < 4.78 is 31.9. The zero-order chi connectivity index (χ0) is 19.7. The van der Waals surface area contributed by atoms with Gasteiger partial charge in [0.15, 0.2) is 5.16 Å². The first-order valence-corrected chi connectivity index (χ1v) is 10.9. The Hall–Kier alpha value is -2.11. The number of thioether (sulfide) groups is 1. The third-order valence-electron chi connectivity index (χ3n) is 3.50. The van der Waals surface area contributed by atoms with Crippen molar-refractivity contribution in [2.24, 2.45) is 0 Å². The van der Waals surface area contributed by atoms with Crippen LogP contribution in [0.5, 0.6) is 5.75 Å². The van der Waals surface area contributed by atoms with Gasteiger partial charge in [0.05, 0.1) is 18.0 Å². The lowest BCUT2D eigenvalue weighted by molar-refractivity contribution is -0.121. The Balaban J connectivity index is 1.88. The molecule has 1 heterocycles. The molecule has 0 radical (unpaired) electrons. The van der Waals surface area contributed by atoms with Crippen LogP contribution < -0.4 is 10.1 Å². The van der Waals surface area contributed by atoms with Crippen molar-refractivity contribution < 1.29 is 17.9 Å². The normalized spacial score (nSPS) is 11.5. The number of likely N-dealkylation sites (N-methyl/N-ethyl adjacent to an activating group) is 1. The SMILES string of the molecule is CCOc1ccc(S(=O)(=O)N(CC)CC(=O)NCCSc2ncn[nH]2)cc1. The number of nitrogens with one attached hydrogen (secondary N) is 2. The molecule has 11 heteroatoms. The van der Waals surface area contributed by atoms with Gasteiger partial charge in [-0.25, -0.2) is 13.4 Å². The fourth-order valence-electron chi connectivity index (χ4n) is 2.21. The van der Waals surface area contributed by atoms with E-state index in [-0.39, 0.29) is 23.9 Å². The van der Waals surface area contributed by atoms with Crippen molar-refractivity contribution >= 4 is 27.7 Å². The molecule has 0 spiro atoms. The highest BCUT2D eigenvalue weighted by molar-refractivity contribution is 7.99. The third-order valence-corrected chi connectivity index (χ3v) is 6.31. The molecule has 2 rings (SSSR count). The van der Waals surface area contributed by atoms with Crippen molar-refractivity contribution in [3.8, 4) is 5.75 Å². The largest absolute Gasteiger partial charge is 0.494 e. The van der Waals surface area contributed by atoms with E-state index in [0.717, 1.165) is 4.31 Å². The molecule has 0 aliphatic carbocycles. The van der Waals surface area contributed by atoms with Crippen molar-refractivity contribution in [1.29, 1.82) is 0 Å². The van der Waals surface area contributed by atoms with Crippen LogP contribution in [-0.2, 0) is 14.8 Å². The minimum atomic E-state index is -3.76. The number of H-pyrrole nitrogens is 1. The first kappa shape index (κ1) is 21.2. The minimum Gasteiger partial charge on any atom is -0.494 e. The van der Waals surface area contributed by atoms with Gasteiger partial charge in [0.1, 0.15) is 12.1 Å². The Morgan fingerprint density at radius 1 is 1.30 bits per heavy atom. The zero-order valence-corrected chi connectivity index (χ0v) is 16.8. The molecule has 1 aromatic heterocycles. The van der Waals surface area contributed by atoms with Gasteiger partial charge in [-0.2, -0.15) is 9.40 Å². The fraction of sp³-hybridized carbons (Fsp3) is 0.438. The predicted molar refractivity (Wildman–Crippen MR) is 102 cm³/mol. The average Bonchev–Trinajstić information content (AvgIpc) is 3.17. The van der Waals surface area contributed by atoms with Crippen LogP contribution in [0.2, 0.25) is 0 Å². The third kappa shape index (κ3) is 6.22. The number of sulfonamides is 1. The van der Waals surface area contributed by atoms with E-state index in [9.17, 15) is 13.2 Å². The lowest BCUT2D eigenvalue weighted by Crippen LogP contribution is -2.41. The summed E-state index contributed by atoms with van der Waals surface area (Å²) in [7, 11) is -3.76. The van der Waals surface area contributed by atoms with E-state index >= 15 is 0 Å². The van der Waals surface area contributed by atoms with Crippen LogP contribution in [0.3, 0.4) is 0 Å². The maximum Gasteiger partial charge on any atom is 0.243 e. The zero-order valence-electron chi connectivity index (χ0n) is 15.2. The van der Waals surface area contributed by atoms with Crippen molar-refractivity contribution in [3.63, 3.8) is 0 Å². The highest BCUT2D eigenvalue weighted by Gasteiger charge is 2.25. The van der Waals surface area contributed by atoms with Crippen LogP contribution in [0.4, 0.5) is 0 Å². The Bertz CT molecular complexity index is 810. The summed E-state index contributed by atoms with van der Waals surface area (Å²) in [6.07, 6.45) is 1.41. The molecule has 9 nitrogen and oxygen atoms in total. The van der Waals surface area contributed by atoms with E-state index in [1.165, 1.54) is 30.2 Å². The molecule has 27 heavy (non-hydrogen) atoms. The topological polar surface area (TPSA) is 117 Å². The molecule has 0 saturated heterocycles. The van der Waals surface area contributed by atoms with Gasteiger partial charge in [0.25, 0.3) is 0 Å². The van der Waals surface area contributed by atoms with Gasteiger partial charge in [-0.15, -0.1) is 0 Å². The molecule has 0 fully saturated rings. The Morgan fingerprint density at radius 3 is 2.63 bits per heavy atom. The highest BCUT2D eigenvalue weighted by atomic mass is 32.2. The number of hydrogen-bond donors (Lipinski definition) is 2. The molecule has 2 aromatic rings. The second kappa shape index (κ2) is 10.3.